The summed E-state index contributed by atoms with van der Waals surface area (Å²) in [6, 6.07) is 7.33. The molecule has 2 aromatic rings. The number of likely N-dealkylation sites (tertiary alicyclic amines) is 1. The van der Waals surface area contributed by atoms with Crippen molar-refractivity contribution in [3.05, 3.63) is 48.0 Å². The lowest BCUT2D eigenvalue weighted by molar-refractivity contribution is -0.0179. The number of rotatable bonds is 5. The second-order valence-corrected chi connectivity index (χ2v) is 7.33. The van der Waals surface area contributed by atoms with Crippen LogP contribution in [-0.2, 0) is 5.60 Å². The molecule has 6 nitrogen and oxygen atoms in total. The van der Waals surface area contributed by atoms with E-state index in [1.165, 1.54) is 0 Å². The minimum atomic E-state index is -1.14. The van der Waals surface area contributed by atoms with Gasteiger partial charge < -0.3 is 19.3 Å². The van der Waals surface area contributed by atoms with E-state index in [9.17, 15) is 9.90 Å². The van der Waals surface area contributed by atoms with Gasteiger partial charge in [-0.2, -0.15) is 0 Å². The first-order valence-corrected chi connectivity index (χ1v) is 9.06. The zero-order valence-electron chi connectivity index (χ0n) is 15.8. The molecule has 0 aliphatic carbocycles. The molecule has 0 spiro atoms. The van der Waals surface area contributed by atoms with Crippen LogP contribution in [0.2, 0.25) is 0 Å². The molecule has 1 fully saturated rings. The van der Waals surface area contributed by atoms with Crippen molar-refractivity contribution in [2.45, 2.75) is 51.3 Å². The summed E-state index contributed by atoms with van der Waals surface area (Å²) < 4.78 is 7.11. The summed E-state index contributed by atoms with van der Waals surface area (Å²) in [5, 5.41) is 11.2. The zero-order chi connectivity index (χ0) is 18.9. The second-order valence-electron chi connectivity index (χ2n) is 7.33. The predicted octanol–water partition coefficient (Wildman–Crippen LogP) is 2.98. The summed E-state index contributed by atoms with van der Waals surface area (Å²) in [7, 11) is 1.61. The van der Waals surface area contributed by atoms with Crippen molar-refractivity contribution in [1.29, 1.82) is 0 Å². The highest BCUT2D eigenvalue weighted by atomic mass is 16.5. The van der Waals surface area contributed by atoms with Gasteiger partial charge in [0.05, 0.1) is 19.5 Å². The maximum absolute atomic E-state index is 13.0. The first-order chi connectivity index (χ1) is 12.3. The lowest BCUT2D eigenvalue weighted by Crippen LogP contribution is -2.48. The molecule has 6 heteroatoms. The second kappa shape index (κ2) is 7.11. The molecular weight excluding hydrogens is 330 g/mol. The van der Waals surface area contributed by atoms with Crippen LogP contribution in [0.5, 0.6) is 5.75 Å². The molecule has 1 aromatic carbocycles. The van der Waals surface area contributed by atoms with Crippen LogP contribution < -0.4 is 4.74 Å². The number of methoxy groups -OCH3 is 1. The molecule has 1 saturated heterocycles. The molecule has 1 aliphatic heterocycles. The Morgan fingerprint density at radius 1 is 1.35 bits per heavy atom. The highest BCUT2D eigenvalue weighted by molar-refractivity contribution is 5.92. The first kappa shape index (κ1) is 18.5. The average Bonchev–Trinajstić information content (AvgIpc) is 3.31. The van der Waals surface area contributed by atoms with Gasteiger partial charge in [0, 0.05) is 18.8 Å². The highest BCUT2D eigenvalue weighted by Crippen LogP contribution is 2.36. The Labute approximate surface area is 154 Å². The number of carbonyl (C=O) groups excluding carboxylic acids is 1. The van der Waals surface area contributed by atoms with Crippen LogP contribution >= 0.6 is 0 Å². The third-order valence-corrected chi connectivity index (χ3v) is 5.25. The van der Waals surface area contributed by atoms with Crippen molar-refractivity contribution < 1.29 is 14.6 Å². The van der Waals surface area contributed by atoms with E-state index >= 15 is 0 Å². The Kier molecular flexibility index (Phi) is 5.05. The number of carbonyl (C=O) groups is 1. The average molecular weight is 357 g/mol. The Balaban J connectivity index is 1.84. The van der Waals surface area contributed by atoms with Crippen molar-refractivity contribution in [3.8, 4) is 5.75 Å². The molecule has 1 amide bonds. The third kappa shape index (κ3) is 3.33. The van der Waals surface area contributed by atoms with Crippen LogP contribution in [0.15, 0.2) is 36.8 Å². The molecule has 1 N–H and O–H groups in total. The predicted molar refractivity (Wildman–Crippen MR) is 99.2 cm³/mol. The van der Waals surface area contributed by atoms with Crippen molar-refractivity contribution in [2.75, 3.05) is 13.7 Å². The quantitative estimate of drug-likeness (QED) is 0.893. The number of imidazole rings is 1. The van der Waals surface area contributed by atoms with E-state index in [0.29, 0.717) is 12.2 Å². The Morgan fingerprint density at radius 3 is 2.62 bits per heavy atom. The highest BCUT2D eigenvalue weighted by Gasteiger charge is 2.43. The monoisotopic (exact) mass is 357 g/mol. The zero-order valence-corrected chi connectivity index (χ0v) is 15.8. The number of aromatic nitrogens is 2. The minimum Gasteiger partial charge on any atom is -0.497 e. The van der Waals surface area contributed by atoms with E-state index in [0.717, 1.165) is 24.2 Å². The Morgan fingerprint density at radius 2 is 2.04 bits per heavy atom. The maximum atomic E-state index is 13.0. The summed E-state index contributed by atoms with van der Waals surface area (Å²) in [5.74, 6) is 0.615. The van der Waals surface area contributed by atoms with Gasteiger partial charge in [-0.1, -0.05) is 12.1 Å². The maximum Gasteiger partial charge on any atom is 0.274 e. The molecule has 2 atom stereocenters. The van der Waals surface area contributed by atoms with Crippen molar-refractivity contribution in [2.24, 2.45) is 0 Å². The number of hydrogen-bond acceptors (Lipinski definition) is 4. The van der Waals surface area contributed by atoms with Crippen molar-refractivity contribution in [3.63, 3.8) is 0 Å². The molecule has 26 heavy (non-hydrogen) atoms. The number of hydrogen-bond donors (Lipinski definition) is 1. The summed E-state index contributed by atoms with van der Waals surface area (Å²) in [6.07, 6.45) is 5.10. The molecular formula is C20H27N3O3. The van der Waals surface area contributed by atoms with Crippen molar-refractivity contribution >= 4 is 5.91 Å². The van der Waals surface area contributed by atoms with Gasteiger partial charge >= 0.3 is 0 Å². The van der Waals surface area contributed by atoms with Gasteiger partial charge in [-0.25, -0.2) is 4.98 Å². The molecule has 0 bridgehead atoms. The van der Waals surface area contributed by atoms with Gasteiger partial charge in [-0.15, -0.1) is 0 Å². The SMILES string of the molecule is COc1ccc(C(C)(O)C2CCCN2C(=O)c2cn(C(C)C)cn2)cc1. The largest absolute Gasteiger partial charge is 0.497 e. The summed E-state index contributed by atoms with van der Waals surface area (Å²) in [5.41, 5.74) is 0.0609. The van der Waals surface area contributed by atoms with E-state index in [1.54, 1.807) is 31.5 Å². The Hall–Kier alpha value is -2.34. The van der Waals surface area contributed by atoms with E-state index < -0.39 is 5.60 Å². The van der Waals surface area contributed by atoms with Crippen LogP contribution in [0.4, 0.5) is 0 Å². The summed E-state index contributed by atoms with van der Waals surface area (Å²) in [6.45, 7) is 6.49. The molecule has 0 saturated carbocycles. The number of aliphatic hydroxyl groups is 1. The molecule has 3 rings (SSSR count). The summed E-state index contributed by atoms with van der Waals surface area (Å²) in [4.78, 5) is 19.0. The van der Waals surface area contributed by atoms with Crippen LogP contribution in [0.3, 0.4) is 0 Å². The minimum absolute atomic E-state index is 0.124. The molecule has 140 valence electrons. The van der Waals surface area contributed by atoms with Gasteiger partial charge in [-0.05, 0) is 51.3 Å². The van der Waals surface area contributed by atoms with E-state index in [2.05, 4.69) is 4.98 Å². The normalized spacial score (nSPS) is 19.6. The fourth-order valence-electron chi connectivity index (χ4n) is 3.59. The fourth-order valence-corrected chi connectivity index (χ4v) is 3.59. The Bertz CT molecular complexity index is 765. The van der Waals surface area contributed by atoms with Gasteiger partial charge in [0.15, 0.2) is 0 Å². The van der Waals surface area contributed by atoms with Gasteiger partial charge in [-0.3, -0.25) is 4.79 Å². The molecule has 1 aromatic heterocycles. The lowest BCUT2D eigenvalue weighted by atomic mass is 9.86. The van der Waals surface area contributed by atoms with Gasteiger partial charge in [0.2, 0.25) is 0 Å². The first-order valence-electron chi connectivity index (χ1n) is 9.06. The van der Waals surface area contributed by atoms with Crippen LogP contribution in [0.1, 0.15) is 55.7 Å². The fraction of sp³-hybridized carbons (Fsp3) is 0.500. The smallest absolute Gasteiger partial charge is 0.274 e. The van der Waals surface area contributed by atoms with E-state index in [-0.39, 0.29) is 18.0 Å². The van der Waals surface area contributed by atoms with Crippen LogP contribution in [0, 0.1) is 0 Å². The lowest BCUT2D eigenvalue weighted by Gasteiger charge is -2.36. The molecule has 1 aliphatic rings. The molecule has 2 unspecified atom stereocenters. The van der Waals surface area contributed by atoms with Crippen LogP contribution in [-0.4, -0.2) is 45.2 Å². The van der Waals surface area contributed by atoms with E-state index in [4.69, 9.17) is 4.74 Å². The number of benzene rings is 1. The summed E-state index contributed by atoms with van der Waals surface area (Å²) >= 11 is 0. The number of ether oxygens (including phenoxy) is 1. The standard InChI is InChI=1S/C20H27N3O3/c1-14(2)22-12-17(21-13-22)19(24)23-11-5-6-18(23)20(3,25)15-7-9-16(26-4)10-8-15/h7-10,12-14,18,25H,5-6,11H2,1-4H3. The molecule has 0 radical (unpaired) electrons. The van der Waals surface area contributed by atoms with Gasteiger partial charge in [0.1, 0.15) is 17.0 Å². The number of amides is 1. The van der Waals surface area contributed by atoms with Crippen LogP contribution in [0.25, 0.3) is 0 Å². The van der Waals surface area contributed by atoms with Crippen molar-refractivity contribution in [1.82, 2.24) is 14.5 Å². The topological polar surface area (TPSA) is 67.6 Å². The number of nitrogens with zero attached hydrogens (tertiary/aromatic N) is 3. The molecule has 2 heterocycles. The van der Waals surface area contributed by atoms with E-state index in [1.807, 2.05) is 42.7 Å². The van der Waals surface area contributed by atoms with Gasteiger partial charge in [0.25, 0.3) is 5.91 Å². The third-order valence-electron chi connectivity index (χ3n) is 5.25.